The van der Waals surface area contributed by atoms with Crippen LogP contribution in [-0.2, 0) is 11.2 Å². The summed E-state index contributed by atoms with van der Waals surface area (Å²) in [6.45, 7) is 3.75. The van der Waals surface area contributed by atoms with Gasteiger partial charge in [0.2, 0.25) is 0 Å². The molecule has 2 atom stereocenters. The second-order valence-electron chi connectivity index (χ2n) is 6.77. The van der Waals surface area contributed by atoms with Crippen molar-refractivity contribution in [3.05, 3.63) is 65.7 Å². The highest BCUT2D eigenvalue weighted by molar-refractivity contribution is 5.74. The first-order valence-electron chi connectivity index (χ1n) is 9.11. The maximum absolute atomic E-state index is 12.6. The third kappa shape index (κ3) is 4.99. The smallest absolute Gasteiger partial charge is 0.317 e. The Kier molecular flexibility index (Phi) is 6.12. The number of ether oxygens (including phenoxy) is 1. The van der Waals surface area contributed by atoms with Gasteiger partial charge < -0.3 is 20.1 Å². The molecule has 1 fully saturated rings. The summed E-state index contributed by atoms with van der Waals surface area (Å²) in [4.78, 5) is 14.4. The van der Waals surface area contributed by atoms with Gasteiger partial charge in [0.15, 0.2) is 0 Å². The molecular weight excluding hydrogens is 328 g/mol. The highest BCUT2D eigenvalue weighted by atomic mass is 16.5. The minimum absolute atomic E-state index is 0.0348. The number of phenols is 1. The van der Waals surface area contributed by atoms with Crippen LogP contribution in [0.4, 0.5) is 4.79 Å². The molecule has 0 bridgehead atoms. The molecule has 3 rings (SSSR count). The topological polar surface area (TPSA) is 61.8 Å². The van der Waals surface area contributed by atoms with E-state index in [0.29, 0.717) is 19.7 Å². The summed E-state index contributed by atoms with van der Waals surface area (Å²) >= 11 is 0. The number of carbonyl (C=O) groups excluding carboxylic acids is 1. The molecule has 0 saturated carbocycles. The number of amides is 2. The minimum atomic E-state index is -0.0667. The number of aromatic hydroxyl groups is 1. The van der Waals surface area contributed by atoms with Crippen molar-refractivity contribution in [2.24, 2.45) is 0 Å². The van der Waals surface area contributed by atoms with Crippen LogP contribution in [0.1, 0.15) is 30.6 Å². The van der Waals surface area contributed by atoms with Crippen molar-refractivity contribution in [1.29, 1.82) is 0 Å². The molecule has 1 aliphatic heterocycles. The molecule has 0 spiro atoms. The van der Waals surface area contributed by atoms with Crippen molar-refractivity contribution >= 4 is 6.03 Å². The summed E-state index contributed by atoms with van der Waals surface area (Å²) in [6.07, 6.45) is 1.64. The number of hydrogen-bond donors (Lipinski definition) is 2. The van der Waals surface area contributed by atoms with Crippen LogP contribution in [0, 0.1) is 0 Å². The number of phenolic OH excluding ortho intramolecular Hbond substituents is 1. The fourth-order valence-electron chi connectivity index (χ4n) is 3.12. The van der Waals surface area contributed by atoms with Crippen LogP contribution in [-0.4, -0.2) is 41.8 Å². The first-order chi connectivity index (χ1) is 12.6. The number of carbonyl (C=O) groups is 1. The standard InChI is InChI=1S/C21H26N2O3/c1-16(7-8-17-9-11-19(24)12-10-17)22-21(25)23-13-14-26-20(15-23)18-5-3-2-4-6-18/h2-6,9-12,16,20,24H,7-8,13-15H2,1H3,(H,22,25)/t16-,20+/m0/s1. The molecule has 5 heteroatoms. The number of benzene rings is 2. The van der Waals surface area contributed by atoms with Crippen LogP contribution in [0.5, 0.6) is 5.75 Å². The molecule has 0 unspecified atom stereocenters. The predicted octanol–water partition coefficient (Wildman–Crippen LogP) is 3.50. The zero-order chi connectivity index (χ0) is 18.4. The molecule has 1 heterocycles. The van der Waals surface area contributed by atoms with E-state index in [2.05, 4.69) is 5.32 Å². The molecular formula is C21H26N2O3. The summed E-state index contributed by atoms with van der Waals surface area (Å²) in [5, 5.41) is 12.4. The van der Waals surface area contributed by atoms with Crippen molar-refractivity contribution < 1.29 is 14.6 Å². The van der Waals surface area contributed by atoms with Crippen LogP contribution in [0.25, 0.3) is 0 Å². The number of nitrogens with zero attached hydrogens (tertiary/aromatic N) is 1. The van der Waals surface area contributed by atoms with Gasteiger partial charge in [0.1, 0.15) is 11.9 Å². The Morgan fingerprint density at radius 3 is 2.69 bits per heavy atom. The Morgan fingerprint density at radius 1 is 1.23 bits per heavy atom. The predicted molar refractivity (Wildman–Crippen MR) is 101 cm³/mol. The van der Waals surface area contributed by atoms with Gasteiger partial charge in [-0.05, 0) is 43.0 Å². The summed E-state index contributed by atoms with van der Waals surface area (Å²) in [5.74, 6) is 0.274. The van der Waals surface area contributed by atoms with E-state index in [1.165, 1.54) is 0 Å². The summed E-state index contributed by atoms with van der Waals surface area (Å²) in [7, 11) is 0. The number of urea groups is 1. The Labute approximate surface area is 154 Å². The van der Waals surface area contributed by atoms with Crippen LogP contribution in [0.15, 0.2) is 54.6 Å². The zero-order valence-corrected chi connectivity index (χ0v) is 15.1. The highest BCUT2D eigenvalue weighted by Gasteiger charge is 2.25. The van der Waals surface area contributed by atoms with E-state index in [9.17, 15) is 9.90 Å². The summed E-state index contributed by atoms with van der Waals surface area (Å²) in [5.41, 5.74) is 2.25. The van der Waals surface area contributed by atoms with Crippen LogP contribution < -0.4 is 5.32 Å². The second-order valence-corrected chi connectivity index (χ2v) is 6.77. The molecule has 5 nitrogen and oxygen atoms in total. The van der Waals surface area contributed by atoms with Crippen molar-refractivity contribution in [2.45, 2.75) is 31.9 Å². The first-order valence-corrected chi connectivity index (χ1v) is 9.11. The van der Waals surface area contributed by atoms with E-state index >= 15 is 0 Å². The SMILES string of the molecule is C[C@@H](CCc1ccc(O)cc1)NC(=O)N1CCO[C@@H](c2ccccc2)C1. The van der Waals surface area contributed by atoms with Gasteiger partial charge in [-0.25, -0.2) is 4.79 Å². The molecule has 2 aromatic carbocycles. The Morgan fingerprint density at radius 2 is 1.96 bits per heavy atom. The maximum Gasteiger partial charge on any atom is 0.317 e. The molecule has 26 heavy (non-hydrogen) atoms. The highest BCUT2D eigenvalue weighted by Crippen LogP contribution is 2.22. The van der Waals surface area contributed by atoms with Crippen molar-refractivity contribution in [3.8, 4) is 5.75 Å². The van der Waals surface area contributed by atoms with Crippen LogP contribution >= 0.6 is 0 Å². The quantitative estimate of drug-likeness (QED) is 0.864. The van der Waals surface area contributed by atoms with Gasteiger partial charge >= 0.3 is 6.03 Å². The molecule has 2 N–H and O–H groups in total. The largest absolute Gasteiger partial charge is 0.508 e. The van der Waals surface area contributed by atoms with Gasteiger partial charge in [0.25, 0.3) is 0 Å². The fourth-order valence-corrected chi connectivity index (χ4v) is 3.12. The molecule has 0 aromatic heterocycles. The molecule has 1 aliphatic rings. The maximum atomic E-state index is 12.6. The lowest BCUT2D eigenvalue weighted by atomic mass is 10.1. The summed E-state index contributed by atoms with van der Waals surface area (Å²) < 4.78 is 5.82. The molecule has 138 valence electrons. The molecule has 2 amide bonds. The lowest BCUT2D eigenvalue weighted by Crippen LogP contribution is -2.49. The number of nitrogens with one attached hydrogen (secondary N) is 1. The molecule has 2 aromatic rings. The Hall–Kier alpha value is -2.53. The monoisotopic (exact) mass is 354 g/mol. The number of rotatable bonds is 5. The van der Waals surface area contributed by atoms with E-state index in [4.69, 9.17) is 4.74 Å². The van der Waals surface area contributed by atoms with Crippen molar-refractivity contribution in [1.82, 2.24) is 10.2 Å². The van der Waals surface area contributed by atoms with Gasteiger partial charge in [-0.1, -0.05) is 42.5 Å². The van der Waals surface area contributed by atoms with Gasteiger partial charge in [-0.2, -0.15) is 0 Å². The van der Waals surface area contributed by atoms with E-state index in [1.807, 2.05) is 54.3 Å². The van der Waals surface area contributed by atoms with Gasteiger partial charge in [0.05, 0.1) is 13.2 Å². The molecule has 0 aliphatic carbocycles. The Bertz CT molecular complexity index is 703. The Balaban J connectivity index is 1.48. The molecule has 0 radical (unpaired) electrons. The van der Waals surface area contributed by atoms with Gasteiger partial charge in [-0.15, -0.1) is 0 Å². The fraction of sp³-hybridized carbons (Fsp3) is 0.381. The van der Waals surface area contributed by atoms with E-state index in [-0.39, 0.29) is 23.9 Å². The third-order valence-electron chi connectivity index (χ3n) is 4.70. The zero-order valence-electron chi connectivity index (χ0n) is 15.1. The minimum Gasteiger partial charge on any atom is -0.508 e. The van der Waals surface area contributed by atoms with Gasteiger partial charge in [0, 0.05) is 12.6 Å². The number of hydrogen-bond acceptors (Lipinski definition) is 3. The van der Waals surface area contributed by atoms with E-state index in [1.54, 1.807) is 12.1 Å². The normalized spacial score (nSPS) is 18.3. The number of morpholine rings is 1. The summed E-state index contributed by atoms with van der Waals surface area (Å²) in [6, 6.07) is 17.3. The van der Waals surface area contributed by atoms with Gasteiger partial charge in [-0.3, -0.25) is 0 Å². The lowest BCUT2D eigenvalue weighted by Gasteiger charge is -2.34. The lowest BCUT2D eigenvalue weighted by molar-refractivity contribution is -0.0157. The average molecular weight is 354 g/mol. The van der Waals surface area contributed by atoms with E-state index in [0.717, 1.165) is 24.0 Å². The van der Waals surface area contributed by atoms with E-state index < -0.39 is 0 Å². The number of aryl methyl sites for hydroxylation is 1. The average Bonchev–Trinajstić information content (AvgIpc) is 2.68. The van der Waals surface area contributed by atoms with Crippen molar-refractivity contribution in [2.75, 3.05) is 19.7 Å². The molecule has 1 saturated heterocycles. The van der Waals surface area contributed by atoms with Crippen LogP contribution in [0.2, 0.25) is 0 Å². The first kappa shape index (κ1) is 18.3. The van der Waals surface area contributed by atoms with Crippen molar-refractivity contribution in [3.63, 3.8) is 0 Å². The van der Waals surface area contributed by atoms with Crippen LogP contribution in [0.3, 0.4) is 0 Å². The third-order valence-corrected chi connectivity index (χ3v) is 4.70. The second kappa shape index (κ2) is 8.72.